The Morgan fingerprint density at radius 1 is 1.33 bits per heavy atom. The predicted molar refractivity (Wildman–Crippen MR) is 71.5 cm³/mol. The number of fused-ring (bicyclic) bond motifs is 1. The van der Waals surface area contributed by atoms with Crippen molar-refractivity contribution in [2.24, 2.45) is 5.92 Å². The Balaban J connectivity index is 1.69. The smallest absolute Gasteiger partial charge is 0.251 e. The van der Waals surface area contributed by atoms with Crippen molar-refractivity contribution in [1.29, 1.82) is 0 Å². The second kappa shape index (κ2) is 4.73. The van der Waals surface area contributed by atoms with E-state index in [2.05, 4.69) is 23.6 Å². The summed E-state index contributed by atoms with van der Waals surface area (Å²) in [5.41, 5.74) is 3.45. The fourth-order valence-corrected chi connectivity index (χ4v) is 2.91. The summed E-state index contributed by atoms with van der Waals surface area (Å²) in [6.45, 7) is 4.16. The molecule has 2 aliphatic rings. The maximum Gasteiger partial charge on any atom is 0.251 e. The first kappa shape index (κ1) is 11.7. The number of carbonyl (C=O) groups is 1. The van der Waals surface area contributed by atoms with Crippen molar-refractivity contribution in [3.63, 3.8) is 0 Å². The predicted octanol–water partition coefficient (Wildman–Crippen LogP) is 1.86. The molecule has 1 saturated carbocycles. The Hall–Kier alpha value is -1.35. The van der Waals surface area contributed by atoms with Gasteiger partial charge in [-0.05, 0) is 55.0 Å². The minimum Gasteiger partial charge on any atom is -0.349 e. The van der Waals surface area contributed by atoms with Gasteiger partial charge in [-0.3, -0.25) is 4.79 Å². The van der Waals surface area contributed by atoms with Crippen molar-refractivity contribution in [2.45, 2.75) is 38.8 Å². The molecule has 0 saturated heterocycles. The van der Waals surface area contributed by atoms with Crippen molar-refractivity contribution in [3.05, 3.63) is 34.9 Å². The second-order valence-electron chi connectivity index (χ2n) is 5.66. The number of carbonyl (C=O) groups excluding carboxylic acids is 1. The Morgan fingerprint density at radius 3 is 2.94 bits per heavy atom. The van der Waals surface area contributed by atoms with E-state index in [1.807, 2.05) is 12.1 Å². The summed E-state index contributed by atoms with van der Waals surface area (Å²) in [4.78, 5) is 12.1. The van der Waals surface area contributed by atoms with Gasteiger partial charge in [0.25, 0.3) is 5.91 Å². The van der Waals surface area contributed by atoms with Crippen LogP contribution < -0.4 is 10.6 Å². The molecule has 3 rings (SSSR count). The zero-order chi connectivity index (χ0) is 12.5. The van der Waals surface area contributed by atoms with Crippen molar-refractivity contribution in [2.75, 3.05) is 6.54 Å². The third kappa shape index (κ3) is 2.27. The van der Waals surface area contributed by atoms with Crippen molar-refractivity contribution >= 4 is 5.91 Å². The van der Waals surface area contributed by atoms with Gasteiger partial charge >= 0.3 is 0 Å². The standard InChI is InChI=1S/C15H20N2O/c1-10-6-14(7-10)17-15(18)12-3-2-11-4-5-16-9-13(11)8-12/h2-3,8,10,14,16H,4-7,9H2,1H3,(H,17,18). The number of nitrogens with one attached hydrogen (secondary N) is 2. The van der Waals surface area contributed by atoms with Crippen molar-refractivity contribution in [3.8, 4) is 0 Å². The Labute approximate surface area is 108 Å². The van der Waals surface area contributed by atoms with E-state index >= 15 is 0 Å². The minimum absolute atomic E-state index is 0.0836. The van der Waals surface area contributed by atoms with Crippen LogP contribution in [0.4, 0.5) is 0 Å². The van der Waals surface area contributed by atoms with E-state index in [0.29, 0.717) is 6.04 Å². The molecule has 96 valence electrons. The maximum atomic E-state index is 12.1. The molecule has 0 atom stereocenters. The maximum absolute atomic E-state index is 12.1. The van der Waals surface area contributed by atoms with Crippen LogP contribution in [0, 0.1) is 5.92 Å². The molecule has 0 aromatic heterocycles. The van der Waals surface area contributed by atoms with Gasteiger partial charge in [0, 0.05) is 18.2 Å². The van der Waals surface area contributed by atoms with Crippen molar-refractivity contribution in [1.82, 2.24) is 10.6 Å². The lowest BCUT2D eigenvalue weighted by Crippen LogP contribution is -2.43. The van der Waals surface area contributed by atoms with Gasteiger partial charge in [-0.15, -0.1) is 0 Å². The van der Waals surface area contributed by atoms with Crippen LogP contribution in [0.3, 0.4) is 0 Å². The van der Waals surface area contributed by atoms with Crippen LogP contribution in [0.15, 0.2) is 18.2 Å². The molecule has 0 radical (unpaired) electrons. The van der Waals surface area contributed by atoms with E-state index < -0.39 is 0 Å². The molecule has 18 heavy (non-hydrogen) atoms. The van der Waals surface area contributed by atoms with Gasteiger partial charge in [-0.25, -0.2) is 0 Å². The van der Waals surface area contributed by atoms with Gasteiger partial charge in [-0.2, -0.15) is 0 Å². The molecule has 3 nitrogen and oxygen atoms in total. The van der Waals surface area contributed by atoms with Gasteiger partial charge in [0.1, 0.15) is 0 Å². The summed E-state index contributed by atoms with van der Waals surface area (Å²) in [6, 6.07) is 6.50. The van der Waals surface area contributed by atoms with E-state index in [0.717, 1.165) is 43.8 Å². The molecule has 0 unspecified atom stereocenters. The van der Waals surface area contributed by atoms with Crippen LogP contribution in [0.25, 0.3) is 0 Å². The zero-order valence-corrected chi connectivity index (χ0v) is 10.8. The molecule has 3 heteroatoms. The molecule has 2 N–H and O–H groups in total. The molecule has 1 aromatic carbocycles. The summed E-state index contributed by atoms with van der Waals surface area (Å²) in [5.74, 6) is 0.850. The highest BCUT2D eigenvalue weighted by molar-refractivity contribution is 5.94. The molecular weight excluding hydrogens is 224 g/mol. The number of rotatable bonds is 2. The molecule has 1 heterocycles. The molecular formula is C15H20N2O. The van der Waals surface area contributed by atoms with E-state index in [-0.39, 0.29) is 5.91 Å². The Morgan fingerprint density at radius 2 is 2.17 bits per heavy atom. The molecule has 1 aliphatic heterocycles. The van der Waals surface area contributed by atoms with Crippen LogP contribution in [-0.4, -0.2) is 18.5 Å². The first-order valence-corrected chi connectivity index (χ1v) is 6.86. The first-order chi connectivity index (χ1) is 8.72. The number of benzene rings is 1. The second-order valence-corrected chi connectivity index (χ2v) is 5.66. The summed E-state index contributed by atoms with van der Waals surface area (Å²) in [5, 5.41) is 6.45. The normalized spacial score (nSPS) is 26.1. The fraction of sp³-hybridized carbons (Fsp3) is 0.533. The first-order valence-electron chi connectivity index (χ1n) is 6.86. The minimum atomic E-state index is 0.0836. The third-order valence-corrected chi connectivity index (χ3v) is 4.06. The third-order valence-electron chi connectivity index (χ3n) is 4.06. The molecule has 0 spiro atoms. The molecule has 0 bridgehead atoms. The highest BCUT2D eigenvalue weighted by Crippen LogP contribution is 2.26. The number of amides is 1. The van der Waals surface area contributed by atoms with Gasteiger partial charge in [0.15, 0.2) is 0 Å². The van der Waals surface area contributed by atoms with E-state index in [4.69, 9.17) is 0 Å². The zero-order valence-electron chi connectivity index (χ0n) is 10.8. The van der Waals surface area contributed by atoms with Crippen LogP contribution in [0.5, 0.6) is 0 Å². The summed E-state index contributed by atoms with van der Waals surface area (Å²) < 4.78 is 0. The Kier molecular flexibility index (Phi) is 3.08. The van der Waals surface area contributed by atoms with Gasteiger partial charge in [-0.1, -0.05) is 13.0 Å². The lowest BCUT2D eigenvalue weighted by Gasteiger charge is -2.33. The summed E-state index contributed by atoms with van der Waals surface area (Å²) in [7, 11) is 0. The molecule has 1 aliphatic carbocycles. The highest BCUT2D eigenvalue weighted by atomic mass is 16.1. The van der Waals surface area contributed by atoms with E-state index in [1.165, 1.54) is 11.1 Å². The van der Waals surface area contributed by atoms with Gasteiger partial charge < -0.3 is 10.6 Å². The Bertz CT molecular complexity index is 464. The van der Waals surface area contributed by atoms with E-state index in [1.54, 1.807) is 0 Å². The topological polar surface area (TPSA) is 41.1 Å². The lowest BCUT2D eigenvalue weighted by atomic mass is 9.82. The van der Waals surface area contributed by atoms with Crippen LogP contribution >= 0.6 is 0 Å². The average molecular weight is 244 g/mol. The van der Waals surface area contributed by atoms with Crippen LogP contribution in [0.2, 0.25) is 0 Å². The molecule has 1 amide bonds. The van der Waals surface area contributed by atoms with Crippen molar-refractivity contribution < 1.29 is 4.79 Å². The van der Waals surface area contributed by atoms with Crippen LogP contribution in [-0.2, 0) is 13.0 Å². The monoisotopic (exact) mass is 244 g/mol. The highest BCUT2D eigenvalue weighted by Gasteiger charge is 2.27. The SMILES string of the molecule is CC1CC(NC(=O)c2ccc3c(c2)CNCC3)C1. The van der Waals surface area contributed by atoms with Crippen LogP contribution in [0.1, 0.15) is 41.3 Å². The molecule has 1 fully saturated rings. The lowest BCUT2D eigenvalue weighted by molar-refractivity contribution is 0.0896. The molecule has 1 aromatic rings. The summed E-state index contributed by atoms with van der Waals surface area (Å²) in [6.07, 6.45) is 3.31. The van der Waals surface area contributed by atoms with Gasteiger partial charge in [0.2, 0.25) is 0 Å². The average Bonchev–Trinajstić information content (AvgIpc) is 2.36. The quantitative estimate of drug-likeness (QED) is 0.833. The largest absolute Gasteiger partial charge is 0.349 e. The number of hydrogen-bond donors (Lipinski definition) is 2. The number of hydrogen-bond acceptors (Lipinski definition) is 2. The van der Waals surface area contributed by atoms with E-state index in [9.17, 15) is 4.79 Å². The summed E-state index contributed by atoms with van der Waals surface area (Å²) >= 11 is 0. The fourth-order valence-electron chi connectivity index (χ4n) is 2.91. The van der Waals surface area contributed by atoms with Gasteiger partial charge in [0.05, 0.1) is 0 Å².